The number of nitrogens with zero attached hydrogens (tertiary/aromatic N) is 2. The maximum absolute atomic E-state index is 12.3. The molecule has 0 saturated carbocycles. The molecule has 1 aromatic carbocycles. The topological polar surface area (TPSA) is 91.3 Å². The number of thiophene rings is 1. The molecule has 0 spiro atoms. The molecular formula is C19H20ClN3O5S. The summed E-state index contributed by atoms with van der Waals surface area (Å²) < 4.78 is 11.1. The second-order valence-electron chi connectivity index (χ2n) is 6.68. The van der Waals surface area contributed by atoms with Gasteiger partial charge in [-0.1, -0.05) is 11.6 Å². The Morgan fingerprint density at radius 3 is 2.55 bits per heavy atom. The predicted octanol–water partition coefficient (Wildman–Crippen LogP) is 2.37. The van der Waals surface area contributed by atoms with Gasteiger partial charge in [0.05, 0.1) is 17.5 Å². The lowest BCUT2D eigenvalue weighted by Gasteiger charge is -2.27. The van der Waals surface area contributed by atoms with Crippen LogP contribution in [0.3, 0.4) is 0 Å². The molecule has 1 aromatic heterocycles. The standard InChI is InChI=1S/C19H20ClN3O5S/c20-16-6-5-15(29-16)18(25)21-9-14-10-23(19(26)28-14)13-3-1-12(2-4-13)22-7-8-27-11-17(22)24/h1-6,14,18,21,25H,7-11H2. The number of hydrogen-bond donors (Lipinski definition) is 2. The molecular weight excluding hydrogens is 418 g/mol. The fourth-order valence-corrected chi connectivity index (χ4v) is 4.28. The van der Waals surface area contributed by atoms with Crippen molar-refractivity contribution in [3.8, 4) is 0 Å². The number of morpholine rings is 1. The molecule has 0 bridgehead atoms. The first-order valence-electron chi connectivity index (χ1n) is 9.14. The highest BCUT2D eigenvalue weighted by molar-refractivity contribution is 7.16. The van der Waals surface area contributed by atoms with E-state index in [1.807, 2.05) is 12.1 Å². The first kappa shape index (κ1) is 20.1. The smallest absolute Gasteiger partial charge is 0.414 e. The number of carbonyl (C=O) groups is 2. The summed E-state index contributed by atoms with van der Waals surface area (Å²) >= 11 is 7.17. The molecule has 0 radical (unpaired) electrons. The molecule has 4 rings (SSSR count). The predicted molar refractivity (Wildman–Crippen MR) is 110 cm³/mol. The van der Waals surface area contributed by atoms with Crippen LogP contribution in [0.2, 0.25) is 4.34 Å². The minimum atomic E-state index is -0.870. The van der Waals surface area contributed by atoms with Crippen molar-refractivity contribution >= 4 is 46.3 Å². The molecule has 3 heterocycles. The van der Waals surface area contributed by atoms with E-state index in [-0.39, 0.29) is 12.5 Å². The van der Waals surface area contributed by atoms with Gasteiger partial charge in [-0.15, -0.1) is 11.3 Å². The fourth-order valence-electron chi connectivity index (χ4n) is 3.26. The Kier molecular flexibility index (Phi) is 6.02. The van der Waals surface area contributed by atoms with Crippen LogP contribution in [0, 0.1) is 0 Å². The Balaban J connectivity index is 1.34. The summed E-state index contributed by atoms with van der Waals surface area (Å²) in [6.45, 7) is 1.76. The van der Waals surface area contributed by atoms with Crippen LogP contribution in [0.15, 0.2) is 36.4 Å². The van der Waals surface area contributed by atoms with Crippen molar-refractivity contribution in [1.29, 1.82) is 0 Å². The van der Waals surface area contributed by atoms with E-state index in [1.165, 1.54) is 16.2 Å². The van der Waals surface area contributed by atoms with E-state index in [4.69, 9.17) is 21.1 Å². The summed E-state index contributed by atoms with van der Waals surface area (Å²) in [5.74, 6) is -0.0821. The zero-order valence-corrected chi connectivity index (χ0v) is 17.0. The molecule has 10 heteroatoms. The average molecular weight is 438 g/mol. The van der Waals surface area contributed by atoms with E-state index in [0.29, 0.717) is 41.1 Å². The third-order valence-electron chi connectivity index (χ3n) is 4.74. The summed E-state index contributed by atoms with van der Waals surface area (Å²) in [7, 11) is 0. The number of aliphatic hydroxyl groups excluding tert-OH is 1. The van der Waals surface area contributed by atoms with Crippen LogP contribution in [0.25, 0.3) is 0 Å². The molecule has 29 heavy (non-hydrogen) atoms. The van der Waals surface area contributed by atoms with Crippen LogP contribution in [-0.2, 0) is 14.3 Å². The van der Waals surface area contributed by atoms with Crippen molar-refractivity contribution in [3.05, 3.63) is 45.6 Å². The maximum Gasteiger partial charge on any atom is 0.414 e. The van der Waals surface area contributed by atoms with Crippen molar-refractivity contribution in [2.45, 2.75) is 12.3 Å². The lowest BCUT2D eigenvalue weighted by atomic mass is 10.2. The number of benzene rings is 1. The van der Waals surface area contributed by atoms with E-state index in [9.17, 15) is 14.7 Å². The number of hydrogen-bond acceptors (Lipinski definition) is 7. The van der Waals surface area contributed by atoms with Gasteiger partial charge in [-0.25, -0.2) is 4.79 Å². The normalized spacial score (nSPS) is 20.8. The van der Waals surface area contributed by atoms with Crippen LogP contribution in [-0.4, -0.2) is 56.1 Å². The van der Waals surface area contributed by atoms with Crippen molar-refractivity contribution in [1.82, 2.24) is 5.32 Å². The zero-order chi connectivity index (χ0) is 20.4. The van der Waals surface area contributed by atoms with Gasteiger partial charge in [0, 0.05) is 29.3 Å². The van der Waals surface area contributed by atoms with Gasteiger partial charge in [-0.3, -0.25) is 15.0 Å². The van der Waals surface area contributed by atoms with E-state index >= 15 is 0 Å². The van der Waals surface area contributed by atoms with Crippen molar-refractivity contribution in [2.75, 3.05) is 42.6 Å². The number of cyclic esters (lactones) is 1. The van der Waals surface area contributed by atoms with Gasteiger partial charge in [-0.2, -0.15) is 0 Å². The third kappa shape index (κ3) is 4.54. The Morgan fingerprint density at radius 1 is 1.17 bits per heavy atom. The van der Waals surface area contributed by atoms with Crippen LogP contribution in [0.1, 0.15) is 11.1 Å². The molecule has 2 fully saturated rings. The van der Waals surface area contributed by atoms with E-state index < -0.39 is 18.4 Å². The second kappa shape index (κ2) is 8.68. The average Bonchev–Trinajstić information content (AvgIpc) is 3.32. The summed E-state index contributed by atoms with van der Waals surface area (Å²) in [6, 6.07) is 10.7. The largest absolute Gasteiger partial charge is 0.443 e. The molecule has 0 aliphatic carbocycles. The van der Waals surface area contributed by atoms with E-state index in [2.05, 4.69) is 5.32 Å². The van der Waals surface area contributed by atoms with Crippen LogP contribution < -0.4 is 15.1 Å². The first-order chi connectivity index (χ1) is 14.0. The number of rotatable bonds is 6. The lowest BCUT2D eigenvalue weighted by Crippen LogP contribution is -2.41. The SMILES string of the molecule is O=C1COCCN1c1ccc(N2CC(CNC(O)c3ccc(Cl)s3)OC2=O)cc1. The number of halogens is 1. The number of carbonyl (C=O) groups excluding carboxylic acids is 2. The van der Waals surface area contributed by atoms with Crippen LogP contribution >= 0.6 is 22.9 Å². The highest BCUT2D eigenvalue weighted by Gasteiger charge is 2.33. The number of anilines is 2. The second-order valence-corrected chi connectivity index (χ2v) is 8.43. The van der Waals surface area contributed by atoms with Gasteiger partial charge in [-0.05, 0) is 36.4 Å². The maximum atomic E-state index is 12.3. The molecule has 2 N–H and O–H groups in total. The van der Waals surface area contributed by atoms with Crippen molar-refractivity contribution < 1.29 is 24.2 Å². The van der Waals surface area contributed by atoms with Gasteiger partial charge in [0.25, 0.3) is 5.91 Å². The molecule has 2 aliphatic heterocycles. The van der Waals surface area contributed by atoms with Gasteiger partial charge >= 0.3 is 6.09 Å². The van der Waals surface area contributed by atoms with Crippen molar-refractivity contribution in [3.63, 3.8) is 0 Å². The number of nitrogens with one attached hydrogen (secondary N) is 1. The molecule has 2 unspecified atom stereocenters. The molecule has 8 nitrogen and oxygen atoms in total. The molecule has 2 amide bonds. The van der Waals surface area contributed by atoms with Gasteiger partial charge < -0.3 is 19.5 Å². The molecule has 2 aromatic rings. The highest BCUT2D eigenvalue weighted by atomic mass is 35.5. The Hall–Kier alpha value is -2.17. The van der Waals surface area contributed by atoms with Crippen molar-refractivity contribution in [2.24, 2.45) is 0 Å². The Bertz CT molecular complexity index is 890. The minimum Gasteiger partial charge on any atom is -0.443 e. The number of amides is 2. The van der Waals surface area contributed by atoms with Crippen LogP contribution in [0.4, 0.5) is 16.2 Å². The Morgan fingerprint density at radius 2 is 1.90 bits per heavy atom. The molecule has 2 saturated heterocycles. The fraction of sp³-hybridized carbons (Fsp3) is 0.368. The van der Waals surface area contributed by atoms with Gasteiger partial charge in [0.1, 0.15) is 18.9 Å². The molecule has 2 atom stereocenters. The summed E-state index contributed by atoms with van der Waals surface area (Å²) in [5, 5.41) is 13.1. The Labute approximate surface area is 176 Å². The van der Waals surface area contributed by atoms with Gasteiger partial charge in [0.15, 0.2) is 0 Å². The summed E-state index contributed by atoms with van der Waals surface area (Å²) in [6.07, 6.45) is -1.71. The quantitative estimate of drug-likeness (QED) is 0.674. The summed E-state index contributed by atoms with van der Waals surface area (Å²) in [5.41, 5.74) is 1.46. The molecule has 2 aliphatic rings. The number of ether oxygens (including phenoxy) is 2. The lowest BCUT2D eigenvalue weighted by molar-refractivity contribution is -0.125. The highest BCUT2D eigenvalue weighted by Crippen LogP contribution is 2.27. The van der Waals surface area contributed by atoms with E-state index in [1.54, 1.807) is 29.2 Å². The monoisotopic (exact) mass is 437 g/mol. The molecule has 154 valence electrons. The minimum absolute atomic E-state index is 0.0818. The first-order valence-corrected chi connectivity index (χ1v) is 10.3. The van der Waals surface area contributed by atoms with Gasteiger partial charge in [0.2, 0.25) is 0 Å². The summed E-state index contributed by atoms with van der Waals surface area (Å²) in [4.78, 5) is 28.1. The number of aliphatic hydroxyl groups is 1. The third-order valence-corrected chi connectivity index (χ3v) is 6.02. The zero-order valence-electron chi connectivity index (χ0n) is 15.4. The van der Waals surface area contributed by atoms with Crippen LogP contribution in [0.5, 0.6) is 0 Å². The van der Waals surface area contributed by atoms with E-state index in [0.717, 1.165) is 5.69 Å².